The molecule has 0 fully saturated rings. The second-order valence-electron chi connectivity index (χ2n) is 9.87. The molecule has 0 aliphatic heterocycles. The van der Waals surface area contributed by atoms with Crippen LogP contribution < -0.4 is 5.32 Å². The Kier molecular flexibility index (Phi) is 10.8. The first kappa shape index (κ1) is 30.5. The van der Waals surface area contributed by atoms with Crippen molar-refractivity contribution in [3.8, 4) is 23.3 Å². The Labute approximate surface area is 229 Å². The van der Waals surface area contributed by atoms with Gasteiger partial charge in [0.1, 0.15) is 6.54 Å². The number of halogens is 3. The van der Waals surface area contributed by atoms with Crippen molar-refractivity contribution in [3.05, 3.63) is 71.9 Å². The predicted molar refractivity (Wildman–Crippen MR) is 147 cm³/mol. The minimum absolute atomic E-state index is 0.249. The van der Waals surface area contributed by atoms with Crippen molar-refractivity contribution in [3.63, 3.8) is 0 Å². The number of hydrogen-bond donors (Lipinski definition) is 1. The fraction of sp³-hybridized carbons (Fsp3) is 0.467. The van der Waals surface area contributed by atoms with Gasteiger partial charge in [0.15, 0.2) is 0 Å². The molecule has 5 nitrogen and oxygen atoms in total. The van der Waals surface area contributed by atoms with Crippen LogP contribution in [-0.2, 0) is 14.5 Å². The van der Waals surface area contributed by atoms with Crippen LogP contribution in [0.5, 0.6) is 0 Å². The number of nitrogens with zero attached hydrogens (tertiary/aromatic N) is 2. The van der Waals surface area contributed by atoms with Crippen molar-refractivity contribution in [1.82, 2.24) is 5.32 Å². The molecular formula is C30H35F3N3O2P. The predicted octanol–water partition coefficient (Wildman–Crippen LogP) is 8.08. The van der Waals surface area contributed by atoms with Gasteiger partial charge in [0.2, 0.25) is 7.37 Å². The highest BCUT2D eigenvalue weighted by Gasteiger charge is 2.45. The molecular weight excluding hydrogens is 522 g/mol. The number of fused-ring (bicyclic) bond motifs is 3. The van der Waals surface area contributed by atoms with E-state index in [0.717, 1.165) is 22.3 Å². The summed E-state index contributed by atoms with van der Waals surface area (Å²) in [5.41, 5.74) is 3.37. The number of alkyl halides is 3. The molecule has 0 radical (unpaired) electrons. The smallest absolute Gasteiger partial charge is 0.379 e. The molecule has 9 heteroatoms. The zero-order valence-electron chi connectivity index (χ0n) is 22.1. The highest BCUT2D eigenvalue weighted by molar-refractivity contribution is 7.58. The number of hydrogen-bond acceptors (Lipinski definition) is 5. The molecule has 1 unspecified atom stereocenters. The van der Waals surface area contributed by atoms with Gasteiger partial charge in [-0.05, 0) is 47.9 Å². The lowest BCUT2D eigenvalue weighted by Gasteiger charge is -2.35. The largest absolute Gasteiger partial charge is 0.405 e. The van der Waals surface area contributed by atoms with Gasteiger partial charge in [-0.25, -0.2) is 0 Å². The molecule has 3 rings (SSSR count). The van der Waals surface area contributed by atoms with Crippen molar-refractivity contribution in [2.24, 2.45) is 0 Å². The lowest BCUT2D eigenvalue weighted by atomic mass is 9.72. The Morgan fingerprint density at radius 2 is 1.46 bits per heavy atom. The standard InChI is InChI=1S/C30H35F3N3O2P/c1-24(36-23-30(31,32)33)29(27-15-5-3-13-25(27)26-14-4-6-16-28(26)29)17-7-2-11-21-39(37,22-12-9-19-35)38-20-10-8-18-34/h3-6,13-16,36H,1-2,7-12,17,20-23H2. The maximum atomic E-state index is 13.4. The number of allylic oxidation sites excluding steroid dienone is 1. The molecule has 1 N–H and O–H groups in total. The molecule has 0 heterocycles. The molecule has 1 aliphatic carbocycles. The Hall–Kier alpha value is -3.06. The molecule has 0 aromatic heterocycles. The summed E-state index contributed by atoms with van der Waals surface area (Å²) in [5, 5.41) is 20.2. The van der Waals surface area contributed by atoms with Crippen LogP contribution >= 0.6 is 7.37 Å². The fourth-order valence-electron chi connectivity index (χ4n) is 5.37. The molecule has 0 amide bonds. The molecule has 0 saturated heterocycles. The first-order chi connectivity index (χ1) is 18.7. The zero-order chi connectivity index (χ0) is 28.4. The quantitative estimate of drug-likeness (QED) is 0.167. The summed E-state index contributed by atoms with van der Waals surface area (Å²) >= 11 is 0. The summed E-state index contributed by atoms with van der Waals surface area (Å²) in [7, 11) is -2.94. The molecule has 0 bridgehead atoms. The number of nitrogens with one attached hydrogen (secondary N) is 1. The van der Waals surface area contributed by atoms with Crippen molar-refractivity contribution in [2.45, 2.75) is 63.0 Å². The van der Waals surface area contributed by atoms with Crippen LogP contribution in [0.4, 0.5) is 13.2 Å². The van der Waals surface area contributed by atoms with E-state index in [1.807, 2.05) is 54.6 Å². The molecule has 2 aromatic carbocycles. The third-order valence-electron chi connectivity index (χ3n) is 7.18. The number of benzene rings is 2. The van der Waals surface area contributed by atoms with E-state index in [0.29, 0.717) is 69.4 Å². The Bertz CT molecular complexity index is 1220. The molecule has 208 valence electrons. The van der Waals surface area contributed by atoms with Crippen molar-refractivity contribution in [2.75, 3.05) is 25.5 Å². The van der Waals surface area contributed by atoms with E-state index < -0.39 is 25.5 Å². The normalized spacial score (nSPS) is 14.9. The zero-order valence-corrected chi connectivity index (χ0v) is 23.0. The van der Waals surface area contributed by atoms with Crippen LogP contribution in [0.1, 0.15) is 62.5 Å². The average Bonchev–Trinajstić information content (AvgIpc) is 3.20. The fourth-order valence-corrected chi connectivity index (χ4v) is 7.66. The second kappa shape index (κ2) is 13.8. The summed E-state index contributed by atoms with van der Waals surface area (Å²) in [4.78, 5) is 0. The van der Waals surface area contributed by atoms with Gasteiger partial charge in [0.25, 0.3) is 0 Å². The van der Waals surface area contributed by atoms with E-state index in [-0.39, 0.29) is 6.61 Å². The molecule has 0 saturated carbocycles. The van der Waals surface area contributed by atoms with Crippen molar-refractivity contribution >= 4 is 7.37 Å². The average molecular weight is 558 g/mol. The van der Waals surface area contributed by atoms with E-state index in [9.17, 15) is 17.7 Å². The maximum absolute atomic E-state index is 13.4. The van der Waals surface area contributed by atoms with Gasteiger partial charge >= 0.3 is 6.18 Å². The maximum Gasteiger partial charge on any atom is 0.405 e. The topological polar surface area (TPSA) is 85.9 Å². The Morgan fingerprint density at radius 3 is 2.05 bits per heavy atom. The summed E-state index contributed by atoms with van der Waals surface area (Å²) in [6.45, 7) is 3.20. The highest BCUT2D eigenvalue weighted by Crippen LogP contribution is 2.54. The third-order valence-corrected chi connectivity index (χ3v) is 9.83. The lowest BCUT2D eigenvalue weighted by Crippen LogP contribution is -2.39. The van der Waals surface area contributed by atoms with Gasteiger partial charge in [0.05, 0.1) is 24.2 Å². The van der Waals surface area contributed by atoms with E-state index in [1.54, 1.807) is 0 Å². The monoisotopic (exact) mass is 557 g/mol. The van der Waals surface area contributed by atoms with E-state index in [4.69, 9.17) is 15.0 Å². The summed E-state index contributed by atoms with van der Waals surface area (Å²) in [6, 6.07) is 19.7. The van der Waals surface area contributed by atoms with Crippen molar-refractivity contribution in [1.29, 1.82) is 10.5 Å². The minimum atomic E-state index is -4.37. The van der Waals surface area contributed by atoms with Gasteiger partial charge < -0.3 is 9.84 Å². The lowest BCUT2D eigenvalue weighted by molar-refractivity contribution is -0.123. The van der Waals surface area contributed by atoms with E-state index in [2.05, 4.69) is 18.0 Å². The summed E-state index contributed by atoms with van der Waals surface area (Å²) < 4.78 is 58.6. The second-order valence-corrected chi connectivity index (χ2v) is 12.7. The molecule has 1 aliphatic rings. The Balaban J connectivity index is 1.75. The molecule has 0 spiro atoms. The molecule has 39 heavy (non-hydrogen) atoms. The third kappa shape index (κ3) is 7.75. The van der Waals surface area contributed by atoms with Crippen LogP contribution in [-0.4, -0.2) is 31.7 Å². The number of unbranched alkanes of at least 4 members (excludes halogenated alkanes) is 4. The molecule has 1 atom stereocenters. The van der Waals surface area contributed by atoms with Crippen LogP contribution in [0.25, 0.3) is 11.1 Å². The van der Waals surface area contributed by atoms with Gasteiger partial charge in [-0.3, -0.25) is 4.57 Å². The van der Waals surface area contributed by atoms with Crippen molar-refractivity contribution < 1.29 is 22.3 Å². The highest BCUT2D eigenvalue weighted by atomic mass is 31.2. The minimum Gasteiger partial charge on any atom is -0.379 e. The van der Waals surface area contributed by atoms with Crippen LogP contribution in [0.15, 0.2) is 60.8 Å². The van der Waals surface area contributed by atoms with Crippen LogP contribution in [0.3, 0.4) is 0 Å². The Morgan fingerprint density at radius 1 is 0.897 bits per heavy atom. The van der Waals surface area contributed by atoms with Gasteiger partial charge in [-0.1, -0.05) is 68.0 Å². The number of nitriles is 2. The van der Waals surface area contributed by atoms with E-state index >= 15 is 0 Å². The SMILES string of the molecule is C=C(NCC(F)(F)F)C1(CCCCCP(=O)(CCCC#N)OCCCC#N)c2ccccc2-c2ccccc21. The number of rotatable bonds is 16. The summed E-state index contributed by atoms with van der Waals surface area (Å²) in [5.74, 6) is 0. The van der Waals surface area contributed by atoms with Gasteiger partial charge in [-0.15, -0.1) is 0 Å². The van der Waals surface area contributed by atoms with Crippen LogP contribution in [0.2, 0.25) is 0 Å². The first-order valence-corrected chi connectivity index (χ1v) is 15.3. The van der Waals surface area contributed by atoms with E-state index in [1.165, 1.54) is 0 Å². The molecule has 2 aromatic rings. The van der Waals surface area contributed by atoms with Crippen LogP contribution in [0, 0.1) is 22.7 Å². The van der Waals surface area contributed by atoms with Gasteiger partial charge in [-0.2, -0.15) is 23.7 Å². The van der Waals surface area contributed by atoms with Gasteiger partial charge in [0, 0.05) is 30.9 Å². The first-order valence-electron chi connectivity index (χ1n) is 13.3. The summed E-state index contributed by atoms with van der Waals surface area (Å²) in [6.07, 6.45) is 0.535.